The molecule has 3 N–H and O–H groups in total. The summed E-state index contributed by atoms with van der Waals surface area (Å²) in [5.74, 6) is 0.138. The molecule has 0 heterocycles. The monoisotopic (exact) mass is 393 g/mol. The molecule has 1 aromatic rings. The van der Waals surface area contributed by atoms with Gasteiger partial charge < -0.3 is 25.4 Å². The number of benzene rings is 1. The third kappa shape index (κ3) is 10.4. The highest BCUT2D eigenvalue weighted by molar-refractivity contribution is 5.82. The molecule has 28 heavy (non-hydrogen) atoms. The van der Waals surface area contributed by atoms with Crippen LogP contribution in [0.15, 0.2) is 18.2 Å². The van der Waals surface area contributed by atoms with E-state index in [9.17, 15) is 14.4 Å². The van der Waals surface area contributed by atoms with E-state index in [0.29, 0.717) is 25.3 Å². The molecule has 0 fully saturated rings. The zero-order chi connectivity index (χ0) is 21.2. The van der Waals surface area contributed by atoms with E-state index in [-0.39, 0.29) is 25.0 Å². The lowest BCUT2D eigenvalue weighted by molar-refractivity contribution is -0.123. The molecule has 0 radical (unpaired) electrons. The van der Waals surface area contributed by atoms with Gasteiger partial charge in [0.05, 0.1) is 6.54 Å². The molecular weight excluding hydrogens is 362 g/mol. The summed E-state index contributed by atoms with van der Waals surface area (Å²) < 4.78 is 10.5. The Labute approximate surface area is 166 Å². The molecule has 1 aromatic carbocycles. The quantitative estimate of drug-likeness (QED) is 0.555. The van der Waals surface area contributed by atoms with Gasteiger partial charge in [-0.05, 0) is 52.7 Å². The van der Waals surface area contributed by atoms with Gasteiger partial charge in [0.2, 0.25) is 5.91 Å². The maximum absolute atomic E-state index is 11.8. The zero-order valence-electron chi connectivity index (χ0n) is 17.3. The Bertz CT molecular complexity index is 683. The SMILES string of the molecule is Cc1ccc(OCC(=O)NCCCNC(=O)CNC(=O)OC(C)(C)C)c(C)c1. The summed E-state index contributed by atoms with van der Waals surface area (Å²) in [6, 6.07) is 5.77. The molecular formula is C20H31N3O5. The first-order chi connectivity index (χ1) is 13.1. The lowest BCUT2D eigenvalue weighted by Gasteiger charge is -2.19. The van der Waals surface area contributed by atoms with Crippen molar-refractivity contribution < 1.29 is 23.9 Å². The van der Waals surface area contributed by atoms with E-state index in [1.54, 1.807) is 20.8 Å². The van der Waals surface area contributed by atoms with Crippen LogP contribution in [-0.4, -0.2) is 49.7 Å². The predicted molar refractivity (Wildman–Crippen MR) is 106 cm³/mol. The molecule has 0 saturated heterocycles. The molecule has 3 amide bonds. The van der Waals surface area contributed by atoms with Gasteiger partial charge in [0, 0.05) is 13.1 Å². The van der Waals surface area contributed by atoms with Crippen molar-refractivity contribution in [2.75, 3.05) is 26.2 Å². The molecule has 0 aliphatic rings. The minimum absolute atomic E-state index is 0.0595. The average molecular weight is 393 g/mol. The van der Waals surface area contributed by atoms with E-state index < -0.39 is 11.7 Å². The largest absolute Gasteiger partial charge is 0.484 e. The van der Waals surface area contributed by atoms with Gasteiger partial charge >= 0.3 is 6.09 Å². The van der Waals surface area contributed by atoms with Crippen molar-refractivity contribution in [3.05, 3.63) is 29.3 Å². The maximum atomic E-state index is 11.8. The van der Waals surface area contributed by atoms with E-state index in [1.807, 2.05) is 32.0 Å². The van der Waals surface area contributed by atoms with Crippen molar-refractivity contribution in [1.82, 2.24) is 16.0 Å². The third-order valence-corrected chi connectivity index (χ3v) is 3.48. The van der Waals surface area contributed by atoms with Crippen LogP contribution >= 0.6 is 0 Å². The zero-order valence-corrected chi connectivity index (χ0v) is 17.3. The molecule has 0 bridgehead atoms. The Morgan fingerprint density at radius 3 is 2.21 bits per heavy atom. The van der Waals surface area contributed by atoms with Crippen molar-refractivity contribution in [3.63, 3.8) is 0 Å². The van der Waals surface area contributed by atoms with Crippen molar-refractivity contribution in [3.8, 4) is 5.75 Å². The van der Waals surface area contributed by atoms with E-state index in [2.05, 4.69) is 16.0 Å². The summed E-state index contributed by atoms with van der Waals surface area (Å²) in [5.41, 5.74) is 1.51. The Morgan fingerprint density at radius 1 is 0.964 bits per heavy atom. The first kappa shape index (κ1) is 23.3. The van der Waals surface area contributed by atoms with Gasteiger partial charge in [0.1, 0.15) is 11.4 Å². The molecule has 0 aromatic heterocycles. The smallest absolute Gasteiger partial charge is 0.408 e. The fraction of sp³-hybridized carbons (Fsp3) is 0.550. The molecule has 0 aliphatic carbocycles. The highest BCUT2D eigenvalue weighted by Crippen LogP contribution is 2.18. The lowest BCUT2D eigenvalue weighted by Crippen LogP contribution is -2.40. The summed E-state index contributed by atoms with van der Waals surface area (Å²) >= 11 is 0. The fourth-order valence-electron chi connectivity index (χ4n) is 2.23. The standard InChI is InChI=1S/C20H31N3O5/c1-14-7-8-16(15(2)11-14)27-13-18(25)22-10-6-9-21-17(24)12-23-19(26)28-20(3,4)5/h7-8,11H,6,9-10,12-13H2,1-5H3,(H,21,24)(H,22,25)(H,23,26). The number of ether oxygens (including phenoxy) is 2. The van der Waals surface area contributed by atoms with Crippen molar-refractivity contribution >= 4 is 17.9 Å². The molecule has 0 spiro atoms. The summed E-state index contributed by atoms with van der Waals surface area (Å²) in [4.78, 5) is 34.9. The van der Waals surface area contributed by atoms with Gasteiger partial charge in [-0.2, -0.15) is 0 Å². The van der Waals surface area contributed by atoms with Crippen LogP contribution in [0.4, 0.5) is 4.79 Å². The van der Waals surface area contributed by atoms with E-state index in [4.69, 9.17) is 9.47 Å². The second kappa shape index (κ2) is 11.2. The maximum Gasteiger partial charge on any atom is 0.408 e. The Balaban J connectivity index is 2.10. The second-order valence-corrected chi connectivity index (χ2v) is 7.47. The van der Waals surface area contributed by atoms with Gasteiger partial charge in [0.25, 0.3) is 5.91 Å². The number of hydrogen-bond acceptors (Lipinski definition) is 5. The van der Waals surface area contributed by atoms with Gasteiger partial charge in [-0.25, -0.2) is 4.79 Å². The van der Waals surface area contributed by atoms with Crippen LogP contribution in [0.5, 0.6) is 5.75 Å². The van der Waals surface area contributed by atoms with Gasteiger partial charge in [-0.15, -0.1) is 0 Å². The number of nitrogens with one attached hydrogen (secondary N) is 3. The second-order valence-electron chi connectivity index (χ2n) is 7.47. The summed E-state index contributed by atoms with van der Waals surface area (Å²) in [5, 5.41) is 7.76. The van der Waals surface area contributed by atoms with E-state index >= 15 is 0 Å². The van der Waals surface area contributed by atoms with Gasteiger partial charge in [-0.1, -0.05) is 17.7 Å². The Hall–Kier alpha value is -2.77. The van der Waals surface area contributed by atoms with Gasteiger partial charge in [-0.3, -0.25) is 9.59 Å². The highest BCUT2D eigenvalue weighted by Gasteiger charge is 2.16. The molecule has 8 heteroatoms. The first-order valence-electron chi connectivity index (χ1n) is 9.27. The van der Waals surface area contributed by atoms with Crippen LogP contribution in [-0.2, 0) is 14.3 Å². The van der Waals surface area contributed by atoms with Crippen LogP contribution in [0.3, 0.4) is 0 Å². The minimum Gasteiger partial charge on any atom is -0.484 e. The first-order valence-corrected chi connectivity index (χ1v) is 9.27. The topological polar surface area (TPSA) is 106 Å². The Morgan fingerprint density at radius 2 is 1.61 bits per heavy atom. The van der Waals surface area contributed by atoms with Crippen LogP contribution in [0.25, 0.3) is 0 Å². The molecule has 0 aliphatic heterocycles. The van der Waals surface area contributed by atoms with Gasteiger partial charge in [0.15, 0.2) is 6.61 Å². The van der Waals surface area contributed by atoms with Crippen LogP contribution < -0.4 is 20.7 Å². The third-order valence-electron chi connectivity index (χ3n) is 3.48. The molecule has 1 rings (SSSR count). The molecule has 156 valence electrons. The van der Waals surface area contributed by atoms with Crippen LogP contribution in [0, 0.1) is 13.8 Å². The number of aryl methyl sites for hydroxylation is 2. The van der Waals surface area contributed by atoms with E-state index in [0.717, 1.165) is 11.1 Å². The average Bonchev–Trinajstić information content (AvgIpc) is 2.57. The van der Waals surface area contributed by atoms with Crippen molar-refractivity contribution in [2.45, 2.75) is 46.6 Å². The lowest BCUT2D eigenvalue weighted by atomic mass is 10.1. The Kier molecular flexibility index (Phi) is 9.27. The number of carbonyl (C=O) groups is 3. The van der Waals surface area contributed by atoms with Crippen LogP contribution in [0.1, 0.15) is 38.3 Å². The summed E-state index contributed by atoms with van der Waals surface area (Å²) in [6.45, 7) is 9.73. The molecule has 0 atom stereocenters. The molecule has 8 nitrogen and oxygen atoms in total. The normalized spacial score (nSPS) is 10.8. The number of rotatable bonds is 9. The number of amides is 3. The molecule has 0 saturated carbocycles. The predicted octanol–water partition coefficient (Wildman–Crippen LogP) is 1.83. The highest BCUT2D eigenvalue weighted by atomic mass is 16.6. The fourth-order valence-corrected chi connectivity index (χ4v) is 2.23. The molecule has 0 unspecified atom stereocenters. The van der Waals surface area contributed by atoms with Crippen molar-refractivity contribution in [1.29, 1.82) is 0 Å². The minimum atomic E-state index is -0.640. The number of hydrogen-bond donors (Lipinski definition) is 3. The summed E-state index contributed by atoms with van der Waals surface area (Å²) in [7, 11) is 0. The van der Waals surface area contributed by atoms with E-state index in [1.165, 1.54) is 0 Å². The summed E-state index contributed by atoms with van der Waals surface area (Å²) in [6.07, 6.45) is -0.0771. The van der Waals surface area contributed by atoms with Crippen molar-refractivity contribution in [2.24, 2.45) is 0 Å². The van der Waals surface area contributed by atoms with Crippen LogP contribution in [0.2, 0.25) is 0 Å². The number of alkyl carbamates (subject to hydrolysis) is 1. The number of carbonyl (C=O) groups excluding carboxylic acids is 3.